The molecular formula is C21H20FNO. The second-order valence-electron chi connectivity index (χ2n) is 6.35. The standard InChI is InChI=1S/C21H20FNO/c1-2-13-24-19-8-4-7-18-16-5-3-6-17(16)20(23-21(18)19)14-9-11-15(22)12-10-14/h2-5,7-12,16-17,20,23H,1,6,13H2. The summed E-state index contributed by atoms with van der Waals surface area (Å²) in [7, 11) is 0. The molecule has 0 saturated carbocycles. The van der Waals surface area contributed by atoms with Crippen LogP contribution in [-0.2, 0) is 0 Å². The van der Waals surface area contributed by atoms with Crippen LogP contribution in [0.5, 0.6) is 5.75 Å². The van der Waals surface area contributed by atoms with E-state index in [1.807, 2.05) is 24.3 Å². The molecular weight excluding hydrogens is 301 g/mol. The number of rotatable bonds is 4. The van der Waals surface area contributed by atoms with E-state index in [0.29, 0.717) is 18.4 Å². The quantitative estimate of drug-likeness (QED) is 0.780. The van der Waals surface area contributed by atoms with Crippen LogP contribution in [0.15, 0.2) is 67.3 Å². The third kappa shape index (κ3) is 2.50. The lowest BCUT2D eigenvalue weighted by Crippen LogP contribution is -2.29. The van der Waals surface area contributed by atoms with Gasteiger partial charge in [0.25, 0.3) is 0 Å². The minimum atomic E-state index is -0.203. The van der Waals surface area contributed by atoms with E-state index < -0.39 is 0 Å². The van der Waals surface area contributed by atoms with E-state index >= 15 is 0 Å². The first kappa shape index (κ1) is 15.0. The molecule has 0 aromatic heterocycles. The molecule has 3 atom stereocenters. The van der Waals surface area contributed by atoms with Gasteiger partial charge in [-0.05, 0) is 41.7 Å². The maximum absolute atomic E-state index is 13.3. The second-order valence-corrected chi connectivity index (χ2v) is 6.35. The van der Waals surface area contributed by atoms with E-state index in [1.165, 1.54) is 17.7 Å². The molecule has 1 aliphatic heterocycles. The molecule has 122 valence electrons. The van der Waals surface area contributed by atoms with Gasteiger partial charge in [-0.2, -0.15) is 0 Å². The van der Waals surface area contributed by atoms with E-state index in [4.69, 9.17) is 4.74 Å². The highest BCUT2D eigenvalue weighted by Crippen LogP contribution is 2.52. The van der Waals surface area contributed by atoms with E-state index in [1.54, 1.807) is 6.08 Å². The van der Waals surface area contributed by atoms with Gasteiger partial charge >= 0.3 is 0 Å². The van der Waals surface area contributed by atoms with Crippen molar-refractivity contribution in [1.82, 2.24) is 0 Å². The van der Waals surface area contributed by atoms with Crippen LogP contribution in [0.4, 0.5) is 10.1 Å². The van der Waals surface area contributed by atoms with Gasteiger partial charge in [-0.15, -0.1) is 0 Å². The van der Waals surface area contributed by atoms with E-state index in [0.717, 1.165) is 23.4 Å². The van der Waals surface area contributed by atoms with Crippen molar-refractivity contribution in [3.63, 3.8) is 0 Å². The summed E-state index contributed by atoms with van der Waals surface area (Å²) in [5.74, 6) is 1.45. The highest BCUT2D eigenvalue weighted by atomic mass is 19.1. The summed E-state index contributed by atoms with van der Waals surface area (Å²) in [5, 5.41) is 3.66. The fraction of sp³-hybridized carbons (Fsp3) is 0.238. The number of para-hydroxylation sites is 1. The van der Waals surface area contributed by atoms with Gasteiger partial charge in [-0.3, -0.25) is 0 Å². The molecule has 4 rings (SSSR count). The van der Waals surface area contributed by atoms with Crippen molar-refractivity contribution in [2.45, 2.75) is 18.4 Å². The third-order valence-electron chi connectivity index (χ3n) is 4.94. The van der Waals surface area contributed by atoms with E-state index in [9.17, 15) is 4.39 Å². The Balaban J connectivity index is 1.76. The number of halogens is 1. The van der Waals surface area contributed by atoms with Crippen molar-refractivity contribution in [3.05, 3.63) is 84.2 Å². The lowest BCUT2D eigenvalue weighted by atomic mass is 9.77. The predicted molar refractivity (Wildman–Crippen MR) is 94.9 cm³/mol. The van der Waals surface area contributed by atoms with Crippen LogP contribution >= 0.6 is 0 Å². The molecule has 1 heterocycles. The molecule has 0 bridgehead atoms. The van der Waals surface area contributed by atoms with Gasteiger partial charge < -0.3 is 10.1 Å². The maximum Gasteiger partial charge on any atom is 0.143 e. The van der Waals surface area contributed by atoms with Gasteiger partial charge in [0, 0.05) is 5.92 Å². The number of anilines is 1. The molecule has 2 aliphatic rings. The van der Waals surface area contributed by atoms with Gasteiger partial charge in [0.15, 0.2) is 0 Å². The SMILES string of the molecule is C=CCOc1cccc2c1NC(c1ccc(F)cc1)C1CC=CC21. The van der Waals surface area contributed by atoms with Crippen LogP contribution in [0.1, 0.15) is 29.5 Å². The van der Waals surface area contributed by atoms with Crippen molar-refractivity contribution < 1.29 is 9.13 Å². The summed E-state index contributed by atoms with van der Waals surface area (Å²) in [6.45, 7) is 4.20. The zero-order chi connectivity index (χ0) is 16.5. The molecule has 2 aromatic rings. The number of allylic oxidation sites excluding steroid dienone is 2. The van der Waals surface area contributed by atoms with Crippen LogP contribution in [0.2, 0.25) is 0 Å². The maximum atomic E-state index is 13.3. The molecule has 1 N–H and O–H groups in total. The Morgan fingerprint density at radius 3 is 2.83 bits per heavy atom. The van der Waals surface area contributed by atoms with Gasteiger partial charge in [-0.25, -0.2) is 4.39 Å². The molecule has 2 nitrogen and oxygen atoms in total. The molecule has 3 heteroatoms. The van der Waals surface area contributed by atoms with Crippen molar-refractivity contribution in [2.24, 2.45) is 5.92 Å². The van der Waals surface area contributed by atoms with Crippen molar-refractivity contribution in [1.29, 1.82) is 0 Å². The summed E-state index contributed by atoms with van der Waals surface area (Å²) in [4.78, 5) is 0. The molecule has 1 aliphatic carbocycles. The molecule has 0 spiro atoms. The second kappa shape index (κ2) is 6.16. The minimum Gasteiger partial charge on any atom is -0.487 e. The zero-order valence-electron chi connectivity index (χ0n) is 13.4. The number of ether oxygens (including phenoxy) is 1. The smallest absolute Gasteiger partial charge is 0.143 e. The fourth-order valence-electron chi connectivity index (χ4n) is 3.86. The van der Waals surface area contributed by atoms with Crippen LogP contribution in [0.25, 0.3) is 0 Å². The summed E-state index contributed by atoms with van der Waals surface area (Å²) in [5.41, 5.74) is 3.43. The minimum absolute atomic E-state index is 0.145. The molecule has 3 unspecified atom stereocenters. The molecule has 2 aromatic carbocycles. The molecule has 24 heavy (non-hydrogen) atoms. The first-order valence-corrected chi connectivity index (χ1v) is 8.33. The molecule has 0 radical (unpaired) electrons. The van der Waals surface area contributed by atoms with Crippen LogP contribution in [0.3, 0.4) is 0 Å². The van der Waals surface area contributed by atoms with Crippen molar-refractivity contribution in [3.8, 4) is 5.75 Å². The summed E-state index contributed by atoms with van der Waals surface area (Å²) < 4.78 is 19.1. The summed E-state index contributed by atoms with van der Waals surface area (Å²) in [6, 6.07) is 13.1. The number of hydrogen-bond donors (Lipinski definition) is 1. The first-order chi connectivity index (χ1) is 11.8. The number of fused-ring (bicyclic) bond motifs is 3. The van der Waals surface area contributed by atoms with Crippen LogP contribution in [-0.4, -0.2) is 6.61 Å². The average molecular weight is 321 g/mol. The Bertz CT molecular complexity index is 781. The monoisotopic (exact) mass is 321 g/mol. The normalized spacial score (nSPS) is 24.0. The van der Waals surface area contributed by atoms with E-state index in [2.05, 4.69) is 30.1 Å². The topological polar surface area (TPSA) is 21.3 Å². The number of benzene rings is 2. The van der Waals surface area contributed by atoms with Crippen LogP contribution in [0, 0.1) is 11.7 Å². The zero-order valence-corrected chi connectivity index (χ0v) is 13.4. The highest BCUT2D eigenvalue weighted by Gasteiger charge is 2.38. The molecule has 0 saturated heterocycles. The summed E-state index contributed by atoms with van der Waals surface area (Å²) in [6.07, 6.45) is 7.31. The van der Waals surface area contributed by atoms with Gasteiger partial charge in [0.2, 0.25) is 0 Å². The highest BCUT2D eigenvalue weighted by molar-refractivity contribution is 5.67. The number of hydrogen-bond acceptors (Lipinski definition) is 2. The number of nitrogens with one attached hydrogen (secondary N) is 1. The Morgan fingerprint density at radius 2 is 2.04 bits per heavy atom. The van der Waals surface area contributed by atoms with Gasteiger partial charge in [0.1, 0.15) is 18.2 Å². The molecule has 0 fully saturated rings. The molecule has 0 amide bonds. The van der Waals surface area contributed by atoms with Crippen molar-refractivity contribution in [2.75, 3.05) is 11.9 Å². The predicted octanol–water partition coefficient (Wildman–Crippen LogP) is 5.22. The lowest BCUT2D eigenvalue weighted by molar-refractivity contribution is 0.358. The van der Waals surface area contributed by atoms with E-state index in [-0.39, 0.29) is 11.9 Å². The van der Waals surface area contributed by atoms with Crippen molar-refractivity contribution >= 4 is 5.69 Å². The Hall–Kier alpha value is -2.55. The summed E-state index contributed by atoms with van der Waals surface area (Å²) >= 11 is 0. The lowest BCUT2D eigenvalue weighted by Gasteiger charge is -2.38. The largest absolute Gasteiger partial charge is 0.487 e. The Labute approximate surface area is 141 Å². The van der Waals surface area contributed by atoms with Crippen LogP contribution < -0.4 is 10.1 Å². The van der Waals surface area contributed by atoms with Gasteiger partial charge in [0.05, 0.1) is 11.7 Å². The third-order valence-corrected chi connectivity index (χ3v) is 4.94. The fourth-order valence-corrected chi connectivity index (χ4v) is 3.86. The average Bonchev–Trinajstić information content (AvgIpc) is 3.10. The Kier molecular flexibility index (Phi) is 3.85. The van der Waals surface area contributed by atoms with Gasteiger partial charge in [-0.1, -0.05) is 49.1 Å². The first-order valence-electron chi connectivity index (χ1n) is 8.33. The Morgan fingerprint density at radius 1 is 1.21 bits per heavy atom.